The van der Waals surface area contributed by atoms with E-state index in [2.05, 4.69) is 31.1 Å². The molecule has 0 bridgehead atoms. The molecule has 0 unspecified atom stereocenters. The van der Waals surface area contributed by atoms with Gasteiger partial charge in [-0.1, -0.05) is 0 Å². The number of amidine groups is 1. The summed E-state index contributed by atoms with van der Waals surface area (Å²) in [5.41, 5.74) is 6.02. The Kier molecular flexibility index (Phi) is 2.74. The summed E-state index contributed by atoms with van der Waals surface area (Å²) in [4.78, 5) is 4.14. The molecule has 0 radical (unpaired) electrons. The molecule has 0 aliphatic rings. The quantitative estimate of drug-likeness (QED) is 0.492. The number of rotatable bonds is 2. The number of nitrogen functional groups attached to an aromatic ring is 1. The third kappa shape index (κ3) is 3.05. The van der Waals surface area contributed by atoms with Crippen molar-refractivity contribution in [2.75, 3.05) is 5.32 Å². The number of aromatic nitrogens is 1. The van der Waals surface area contributed by atoms with Crippen molar-refractivity contribution in [3.63, 3.8) is 0 Å². The van der Waals surface area contributed by atoms with Gasteiger partial charge in [-0.25, -0.2) is 4.98 Å². The summed E-state index contributed by atoms with van der Waals surface area (Å²) in [7, 11) is 0. The number of anilines is 1. The Bertz CT molecular complexity index is 338. The molecule has 0 amide bonds. The smallest absolute Gasteiger partial charge is 0.127 e. The molecule has 0 saturated carbocycles. The maximum atomic E-state index is 7.29. The zero-order valence-corrected chi connectivity index (χ0v) is 8.76. The van der Waals surface area contributed by atoms with E-state index in [1.54, 1.807) is 18.3 Å². The second-order valence-electron chi connectivity index (χ2n) is 4.22. The number of hydrogen-bond acceptors (Lipinski definition) is 3. The first kappa shape index (κ1) is 10.5. The molecule has 0 aliphatic heterocycles. The van der Waals surface area contributed by atoms with Crippen LogP contribution in [0.25, 0.3) is 0 Å². The van der Waals surface area contributed by atoms with Crippen molar-refractivity contribution in [3.05, 3.63) is 23.9 Å². The molecule has 76 valence electrons. The van der Waals surface area contributed by atoms with Gasteiger partial charge in [-0.15, -0.1) is 0 Å². The summed E-state index contributed by atoms with van der Waals surface area (Å²) in [6.45, 7) is 6.15. The minimum absolute atomic E-state index is 0.0393. The molecule has 14 heavy (non-hydrogen) atoms. The Morgan fingerprint density at radius 3 is 2.64 bits per heavy atom. The number of nitrogens with one attached hydrogen (secondary N) is 2. The molecule has 0 spiro atoms. The Labute approximate surface area is 84.1 Å². The van der Waals surface area contributed by atoms with Crippen LogP contribution in [0.4, 0.5) is 5.82 Å². The molecule has 4 nitrogen and oxygen atoms in total. The van der Waals surface area contributed by atoms with E-state index in [1.165, 1.54) is 0 Å². The molecule has 0 aliphatic carbocycles. The van der Waals surface area contributed by atoms with Gasteiger partial charge in [0, 0.05) is 17.3 Å². The van der Waals surface area contributed by atoms with Gasteiger partial charge in [-0.05, 0) is 32.9 Å². The first-order valence-corrected chi connectivity index (χ1v) is 4.47. The average Bonchev–Trinajstić information content (AvgIpc) is 2.01. The highest BCUT2D eigenvalue weighted by molar-refractivity contribution is 5.95. The fourth-order valence-electron chi connectivity index (χ4n) is 1.05. The Balaban J connectivity index is 2.89. The number of nitrogens with two attached hydrogens (primary N) is 1. The topological polar surface area (TPSA) is 74.8 Å². The molecule has 1 aromatic rings. The van der Waals surface area contributed by atoms with Crippen molar-refractivity contribution < 1.29 is 0 Å². The normalized spacial score (nSPS) is 11.1. The lowest BCUT2D eigenvalue weighted by molar-refractivity contribution is 0.630. The largest absolute Gasteiger partial charge is 0.384 e. The highest BCUT2D eigenvalue weighted by Gasteiger charge is 2.10. The van der Waals surface area contributed by atoms with E-state index < -0.39 is 0 Å². The molecule has 4 N–H and O–H groups in total. The second kappa shape index (κ2) is 3.65. The van der Waals surface area contributed by atoms with E-state index in [9.17, 15) is 0 Å². The Hall–Kier alpha value is -1.58. The fraction of sp³-hybridized carbons (Fsp3) is 0.400. The Morgan fingerprint density at radius 2 is 2.14 bits per heavy atom. The summed E-state index contributed by atoms with van der Waals surface area (Å²) in [6.07, 6.45) is 1.64. The van der Waals surface area contributed by atoms with Crippen LogP contribution in [-0.2, 0) is 0 Å². The van der Waals surface area contributed by atoms with Crippen molar-refractivity contribution in [1.29, 1.82) is 5.41 Å². The summed E-state index contributed by atoms with van der Waals surface area (Å²) in [5.74, 6) is 0.801. The number of pyridine rings is 1. The van der Waals surface area contributed by atoms with Gasteiger partial charge in [0.05, 0.1) is 0 Å². The lowest BCUT2D eigenvalue weighted by atomic mass is 10.1. The van der Waals surface area contributed by atoms with Gasteiger partial charge in [0.2, 0.25) is 0 Å². The molecule has 1 heterocycles. The molecule has 0 fully saturated rings. The van der Waals surface area contributed by atoms with E-state index >= 15 is 0 Å². The van der Waals surface area contributed by atoms with Crippen LogP contribution in [0, 0.1) is 5.41 Å². The van der Waals surface area contributed by atoms with Crippen LogP contribution >= 0.6 is 0 Å². The summed E-state index contributed by atoms with van der Waals surface area (Å²) in [6, 6.07) is 3.49. The van der Waals surface area contributed by atoms with Gasteiger partial charge in [0.25, 0.3) is 0 Å². The molecule has 4 heteroatoms. The molecular weight excluding hydrogens is 176 g/mol. The first-order chi connectivity index (χ1) is 6.38. The minimum atomic E-state index is -0.0393. The zero-order valence-electron chi connectivity index (χ0n) is 8.76. The third-order valence-electron chi connectivity index (χ3n) is 1.57. The fourth-order valence-corrected chi connectivity index (χ4v) is 1.05. The van der Waals surface area contributed by atoms with E-state index in [1.807, 2.05) is 0 Å². The molecule has 0 saturated heterocycles. The SMILES string of the molecule is CC(C)(C)Nc1cc(C(=N)N)ccn1. The van der Waals surface area contributed by atoms with E-state index in [-0.39, 0.29) is 11.4 Å². The molecule has 0 aromatic carbocycles. The zero-order chi connectivity index (χ0) is 10.8. The molecule has 0 atom stereocenters. The van der Waals surface area contributed by atoms with Crippen LogP contribution in [-0.4, -0.2) is 16.4 Å². The predicted molar refractivity (Wildman–Crippen MR) is 58.6 cm³/mol. The van der Waals surface area contributed by atoms with Crippen LogP contribution in [0.2, 0.25) is 0 Å². The highest BCUT2D eigenvalue weighted by atomic mass is 15.0. The predicted octanol–water partition coefficient (Wildman–Crippen LogP) is 1.58. The molecular formula is C10H16N4. The first-order valence-electron chi connectivity index (χ1n) is 4.47. The van der Waals surface area contributed by atoms with E-state index in [0.717, 1.165) is 5.82 Å². The second-order valence-corrected chi connectivity index (χ2v) is 4.22. The van der Waals surface area contributed by atoms with Crippen molar-refractivity contribution >= 4 is 11.7 Å². The molecule has 1 rings (SSSR count). The van der Waals surface area contributed by atoms with E-state index in [4.69, 9.17) is 11.1 Å². The van der Waals surface area contributed by atoms with Crippen LogP contribution in [0.15, 0.2) is 18.3 Å². The van der Waals surface area contributed by atoms with Gasteiger partial charge in [-0.3, -0.25) is 5.41 Å². The van der Waals surface area contributed by atoms with Crippen molar-refractivity contribution in [2.24, 2.45) is 5.73 Å². The van der Waals surface area contributed by atoms with Crippen molar-refractivity contribution in [3.8, 4) is 0 Å². The monoisotopic (exact) mass is 192 g/mol. The van der Waals surface area contributed by atoms with Crippen molar-refractivity contribution in [2.45, 2.75) is 26.3 Å². The molecule has 1 aromatic heterocycles. The van der Waals surface area contributed by atoms with E-state index in [0.29, 0.717) is 5.56 Å². The average molecular weight is 192 g/mol. The van der Waals surface area contributed by atoms with Crippen LogP contribution in [0.5, 0.6) is 0 Å². The number of hydrogen-bond donors (Lipinski definition) is 3. The van der Waals surface area contributed by atoms with Gasteiger partial charge >= 0.3 is 0 Å². The van der Waals surface area contributed by atoms with Crippen LogP contribution < -0.4 is 11.1 Å². The van der Waals surface area contributed by atoms with Gasteiger partial charge in [0.15, 0.2) is 0 Å². The van der Waals surface area contributed by atoms with Gasteiger partial charge in [0.1, 0.15) is 11.7 Å². The maximum Gasteiger partial charge on any atom is 0.127 e. The summed E-state index contributed by atoms with van der Waals surface area (Å²) < 4.78 is 0. The Morgan fingerprint density at radius 1 is 1.50 bits per heavy atom. The van der Waals surface area contributed by atoms with Gasteiger partial charge < -0.3 is 11.1 Å². The highest BCUT2D eigenvalue weighted by Crippen LogP contribution is 2.12. The number of nitrogens with zero attached hydrogens (tertiary/aromatic N) is 1. The minimum Gasteiger partial charge on any atom is -0.384 e. The van der Waals surface area contributed by atoms with Crippen LogP contribution in [0.3, 0.4) is 0 Å². The maximum absolute atomic E-state index is 7.29. The third-order valence-corrected chi connectivity index (χ3v) is 1.57. The summed E-state index contributed by atoms with van der Waals surface area (Å²) in [5, 5.41) is 10.5. The van der Waals surface area contributed by atoms with Gasteiger partial charge in [-0.2, -0.15) is 0 Å². The lowest BCUT2D eigenvalue weighted by Gasteiger charge is -2.21. The standard InChI is InChI=1S/C10H16N4/c1-10(2,3)14-8-6-7(9(11)12)4-5-13-8/h4-6H,1-3H3,(H3,11,12)(H,13,14). The lowest BCUT2D eigenvalue weighted by Crippen LogP contribution is -2.27. The van der Waals surface area contributed by atoms with Crippen LogP contribution in [0.1, 0.15) is 26.3 Å². The summed E-state index contributed by atoms with van der Waals surface area (Å²) >= 11 is 0. The van der Waals surface area contributed by atoms with Crippen molar-refractivity contribution in [1.82, 2.24) is 4.98 Å².